The minimum absolute atomic E-state index is 0.00779. The Kier molecular flexibility index (Phi) is 15.9. The molecule has 1 unspecified atom stereocenters. The lowest BCUT2D eigenvalue weighted by molar-refractivity contribution is -0.144. The number of aromatic nitrogens is 1. The number of piperazine rings is 1. The molecule has 3 amide bonds. The van der Waals surface area contributed by atoms with Crippen molar-refractivity contribution in [2.75, 3.05) is 65.6 Å². The van der Waals surface area contributed by atoms with Crippen LogP contribution in [0.2, 0.25) is 0 Å². The van der Waals surface area contributed by atoms with Crippen LogP contribution in [0.4, 0.5) is 0 Å². The van der Waals surface area contributed by atoms with E-state index in [0.717, 1.165) is 73.0 Å². The van der Waals surface area contributed by atoms with Crippen molar-refractivity contribution in [2.45, 2.75) is 83.5 Å². The number of nitrogens with zero attached hydrogens (tertiary/aromatic N) is 4. The number of aryl methyl sites for hydroxylation is 2. The van der Waals surface area contributed by atoms with Gasteiger partial charge in [0, 0.05) is 64.7 Å². The van der Waals surface area contributed by atoms with Gasteiger partial charge in [-0.05, 0) is 88.7 Å². The maximum Gasteiger partial charge on any atom is 0.246 e. The molecule has 8 rings (SSSR count). The van der Waals surface area contributed by atoms with E-state index < -0.39 is 35.4 Å². The monoisotopic (exact) mass is 942 g/mol. The molecule has 0 spiro atoms. The number of benzene rings is 4. The molecule has 2 fully saturated rings. The van der Waals surface area contributed by atoms with Crippen LogP contribution in [0.25, 0.3) is 10.4 Å². The molecule has 13 nitrogen and oxygen atoms in total. The predicted molar refractivity (Wildman–Crippen MR) is 265 cm³/mol. The minimum atomic E-state index is -0.928. The topological polar surface area (TPSA) is 157 Å². The number of thiazole rings is 1. The summed E-state index contributed by atoms with van der Waals surface area (Å²) in [5.74, 6) is 0.546. The first-order chi connectivity index (χ1) is 32.8. The molecule has 5 atom stereocenters. The number of likely N-dealkylation sites (tertiary alicyclic amines) is 1. The van der Waals surface area contributed by atoms with Gasteiger partial charge in [-0.3, -0.25) is 24.2 Å². The lowest BCUT2D eigenvalue weighted by atomic mass is 9.69. The number of hydrogen-bond acceptors (Lipinski definition) is 11. The van der Waals surface area contributed by atoms with Crippen molar-refractivity contribution in [2.24, 2.45) is 5.41 Å². The third-order valence-electron chi connectivity index (χ3n) is 13.7. The first-order valence-corrected chi connectivity index (χ1v) is 24.9. The number of carbonyl (C=O) groups is 3. The van der Waals surface area contributed by atoms with Crippen LogP contribution in [0.15, 0.2) is 103 Å². The van der Waals surface area contributed by atoms with Gasteiger partial charge in [0.05, 0.1) is 28.8 Å². The Morgan fingerprint density at radius 3 is 2.26 bits per heavy atom. The lowest BCUT2D eigenvalue weighted by Gasteiger charge is -2.35. The summed E-state index contributed by atoms with van der Waals surface area (Å²) in [5.41, 5.74) is 9.17. The maximum absolute atomic E-state index is 14.1. The molecular weight excluding hydrogens is 877 g/mol. The number of carbonyl (C=O) groups excluding carboxylic acids is 3. The number of phenolic OH excluding ortho intramolecular Hbond substituents is 1. The highest BCUT2D eigenvalue weighted by Crippen LogP contribution is 2.47. The number of phenols is 1. The van der Waals surface area contributed by atoms with E-state index in [4.69, 9.17) is 9.47 Å². The third kappa shape index (κ3) is 12.1. The van der Waals surface area contributed by atoms with Crippen molar-refractivity contribution in [3.8, 4) is 21.9 Å². The Bertz CT molecular complexity index is 2470. The van der Waals surface area contributed by atoms with Gasteiger partial charge in [-0.15, -0.1) is 11.3 Å². The van der Waals surface area contributed by atoms with E-state index in [2.05, 4.69) is 86.1 Å². The minimum Gasteiger partial charge on any atom is -0.508 e. The van der Waals surface area contributed by atoms with Crippen molar-refractivity contribution >= 4 is 29.1 Å². The molecule has 3 heterocycles. The van der Waals surface area contributed by atoms with Crippen LogP contribution in [-0.4, -0.2) is 131 Å². The van der Waals surface area contributed by atoms with Gasteiger partial charge in [0.25, 0.3) is 0 Å². The van der Waals surface area contributed by atoms with Crippen LogP contribution in [0.3, 0.4) is 0 Å². The molecular formula is C54H66N6O7S. The van der Waals surface area contributed by atoms with Gasteiger partial charge in [0.15, 0.2) is 0 Å². The molecule has 68 heavy (non-hydrogen) atoms. The fourth-order valence-electron chi connectivity index (χ4n) is 9.92. The van der Waals surface area contributed by atoms with Crippen LogP contribution in [-0.2, 0) is 32.1 Å². The normalized spacial score (nSPS) is 20.4. The lowest BCUT2D eigenvalue weighted by Crippen LogP contribution is -2.58. The van der Waals surface area contributed by atoms with Crippen LogP contribution in [0.1, 0.15) is 79.0 Å². The molecule has 3 aliphatic rings. The second kappa shape index (κ2) is 22.2. The SMILES string of the molecule is Cc1ncsc1-c1ccc(CNC(=O)[C@@H]2C[C@@H](O)CN2C(=O)[C@@H](NC(=O)COCCN2CCN(CCOc3ccc([C@@H]4c5ccc(O)cc5CCC4c4ccccc4)cc3)CC2)C(C)(C)C)cc1. The van der Waals surface area contributed by atoms with Crippen LogP contribution < -0.4 is 15.4 Å². The number of β-amino-alcohol motifs (C(OH)–C–C–N with tert-alkyl or cyclic N) is 1. The van der Waals surface area contributed by atoms with Crippen molar-refractivity contribution in [1.82, 2.24) is 30.3 Å². The summed E-state index contributed by atoms with van der Waals surface area (Å²) in [6, 6.07) is 31.2. The number of aromatic hydroxyl groups is 1. The quantitative estimate of drug-likeness (QED) is 0.0759. The van der Waals surface area contributed by atoms with Gasteiger partial charge in [-0.25, -0.2) is 4.98 Å². The second-order valence-corrected chi connectivity index (χ2v) is 20.4. The number of aliphatic hydroxyl groups excluding tert-OH is 1. The number of ether oxygens (including phenoxy) is 2. The molecule has 360 valence electrons. The van der Waals surface area contributed by atoms with E-state index >= 15 is 0 Å². The Labute approximate surface area is 404 Å². The highest BCUT2D eigenvalue weighted by atomic mass is 32.1. The van der Waals surface area contributed by atoms with Gasteiger partial charge in [0.2, 0.25) is 17.7 Å². The molecule has 0 saturated carbocycles. The summed E-state index contributed by atoms with van der Waals surface area (Å²) in [6.45, 7) is 13.7. The van der Waals surface area contributed by atoms with Gasteiger partial charge < -0.3 is 35.2 Å². The number of aliphatic hydroxyl groups is 1. The van der Waals surface area contributed by atoms with Crippen LogP contribution >= 0.6 is 11.3 Å². The number of fused-ring (bicyclic) bond motifs is 1. The standard InChI is InChI=1S/C54H66N6O7S/c1-36-50(68-35-56-36)40-12-10-37(11-13-40)32-55-52(64)47-31-43(62)33-60(47)53(65)51(54(2,3)4)57-48(63)34-66-28-26-58-22-24-59(25-23-58)27-29-67-44-18-14-39(15-19-44)49-45(38-8-6-5-7-9-38)20-16-41-30-42(61)17-21-46(41)49/h5-15,17-19,21,30,35,43,45,47,49,51,61-62H,16,20,22-29,31-34H2,1-4H3,(H,55,64)(H,57,63)/t43-,45?,47+,49+,51-/m1/s1. The van der Waals surface area contributed by atoms with Crippen molar-refractivity contribution in [3.05, 3.63) is 136 Å². The largest absolute Gasteiger partial charge is 0.508 e. The molecule has 0 radical (unpaired) electrons. The first kappa shape index (κ1) is 48.8. The third-order valence-corrected chi connectivity index (χ3v) is 14.7. The van der Waals surface area contributed by atoms with E-state index in [-0.39, 0.29) is 37.9 Å². The van der Waals surface area contributed by atoms with E-state index in [9.17, 15) is 24.6 Å². The highest BCUT2D eigenvalue weighted by Gasteiger charge is 2.44. The second-order valence-electron chi connectivity index (χ2n) is 19.5. The van der Waals surface area contributed by atoms with Gasteiger partial charge in [-0.2, -0.15) is 0 Å². The zero-order chi connectivity index (χ0) is 47.8. The smallest absolute Gasteiger partial charge is 0.246 e. The molecule has 4 N–H and O–H groups in total. The first-order valence-electron chi connectivity index (χ1n) is 24.0. The zero-order valence-electron chi connectivity index (χ0n) is 39.7. The molecule has 4 aromatic carbocycles. The fraction of sp³-hybridized carbons (Fsp3) is 0.444. The van der Waals surface area contributed by atoms with Crippen LogP contribution in [0.5, 0.6) is 11.5 Å². The summed E-state index contributed by atoms with van der Waals surface area (Å²) in [6.07, 6.45) is 1.23. The van der Waals surface area contributed by atoms with Gasteiger partial charge >= 0.3 is 0 Å². The molecule has 2 saturated heterocycles. The fourth-order valence-corrected chi connectivity index (χ4v) is 10.7. The van der Waals surface area contributed by atoms with Crippen LogP contribution in [0, 0.1) is 12.3 Å². The Hall–Kier alpha value is -5.64. The van der Waals surface area contributed by atoms with E-state index in [1.165, 1.54) is 27.2 Å². The van der Waals surface area contributed by atoms with Gasteiger partial charge in [0.1, 0.15) is 36.8 Å². The number of hydrogen-bond donors (Lipinski definition) is 4. The van der Waals surface area contributed by atoms with Crippen molar-refractivity contribution in [3.63, 3.8) is 0 Å². The average molecular weight is 943 g/mol. The average Bonchev–Trinajstić information content (AvgIpc) is 3.96. The molecule has 2 aliphatic heterocycles. The van der Waals surface area contributed by atoms with Crippen molar-refractivity contribution < 1.29 is 34.1 Å². The number of nitrogens with one attached hydrogen (secondary N) is 2. The van der Waals surface area contributed by atoms with E-state index in [1.54, 1.807) is 17.4 Å². The maximum atomic E-state index is 14.1. The Morgan fingerprint density at radius 1 is 0.882 bits per heavy atom. The highest BCUT2D eigenvalue weighted by molar-refractivity contribution is 7.13. The number of amides is 3. The Morgan fingerprint density at radius 2 is 1.59 bits per heavy atom. The summed E-state index contributed by atoms with van der Waals surface area (Å²) < 4.78 is 12.0. The van der Waals surface area contributed by atoms with Gasteiger partial charge in [-0.1, -0.05) is 93.6 Å². The summed E-state index contributed by atoms with van der Waals surface area (Å²) in [4.78, 5) is 52.3. The summed E-state index contributed by atoms with van der Waals surface area (Å²) in [5, 5.41) is 26.6. The molecule has 1 aliphatic carbocycles. The molecule has 1 aromatic heterocycles. The molecule has 0 bridgehead atoms. The molecule has 5 aromatic rings. The summed E-state index contributed by atoms with van der Waals surface area (Å²) in [7, 11) is 0. The number of rotatable bonds is 17. The van der Waals surface area contributed by atoms with E-state index in [1.807, 2.05) is 63.5 Å². The summed E-state index contributed by atoms with van der Waals surface area (Å²) >= 11 is 1.58. The Balaban J connectivity index is 0.741. The van der Waals surface area contributed by atoms with E-state index in [0.29, 0.717) is 31.4 Å². The zero-order valence-corrected chi connectivity index (χ0v) is 40.6. The van der Waals surface area contributed by atoms with Crippen molar-refractivity contribution in [1.29, 1.82) is 0 Å². The predicted octanol–water partition coefficient (Wildman–Crippen LogP) is 6.51. The molecule has 14 heteroatoms.